The van der Waals surface area contributed by atoms with E-state index >= 15 is 0 Å². The number of amides is 1. The van der Waals surface area contributed by atoms with E-state index in [2.05, 4.69) is 43.1 Å². The zero-order chi connectivity index (χ0) is 13.7. The van der Waals surface area contributed by atoms with Crippen molar-refractivity contribution in [1.82, 2.24) is 25.2 Å². The van der Waals surface area contributed by atoms with Gasteiger partial charge in [-0.3, -0.25) is 9.48 Å². The quantitative estimate of drug-likeness (QED) is 0.575. The van der Waals surface area contributed by atoms with Crippen molar-refractivity contribution in [3.63, 3.8) is 0 Å². The van der Waals surface area contributed by atoms with Crippen molar-refractivity contribution in [1.29, 1.82) is 0 Å². The molecular formula is C10H12IN5O3. The summed E-state index contributed by atoms with van der Waals surface area (Å²) in [5.74, 6) is -0.0739. The molecule has 0 unspecified atom stereocenters. The minimum atomic E-state index is -0.411. The molecule has 2 heterocycles. The summed E-state index contributed by atoms with van der Waals surface area (Å²) in [4.78, 5) is 15.6. The topological polar surface area (TPSA) is 95.1 Å². The molecule has 0 fully saturated rings. The first kappa shape index (κ1) is 13.9. The van der Waals surface area contributed by atoms with E-state index in [4.69, 9.17) is 9.26 Å². The molecule has 0 aromatic carbocycles. The predicted molar refractivity (Wildman–Crippen MR) is 72.6 cm³/mol. The fourth-order valence-electron chi connectivity index (χ4n) is 1.32. The van der Waals surface area contributed by atoms with Crippen molar-refractivity contribution in [2.75, 3.05) is 20.3 Å². The van der Waals surface area contributed by atoms with Gasteiger partial charge in [0.05, 0.1) is 16.4 Å². The van der Waals surface area contributed by atoms with Gasteiger partial charge in [0.2, 0.25) is 0 Å². The lowest BCUT2D eigenvalue weighted by atomic mass is 10.5. The number of nitrogens with zero attached hydrogens (tertiary/aromatic N) is 4. The first-order valence-electron chi connectivity index (χ1n) is 5.46. The molecule has 1 amide bonds. The average molecular weight is 377 g/mol. The normalized spacial score (nSPS) is 10.6. The van der Waals surface area contributed by atoms with E-state index in [1.54, 1.807) is 18.0 Å². The lowest BCUT2D eigenvalue weighted by molar-refractivity contribution is 0.0893. The van der Waals surface area contributed by atoms with Crippen LogP contribution in [0.5, 0.6) is 0 Å². The van der Waals surface area contributed by atoms with Crippen molar-refractivity contribution in [2.24, 2.45) is 0 Å². The van der Waals surface area contributed by atoms with Gasteiger partial charge in [-0.2, -0.15) is 10.1 Å². The summed E-state index contributed by atoms with van der Waals surface area (Å²) in [5.41, 5.74) is 0. The third-order valence-corrected chi connectivity index (χ3v) is 2.72. The number of carbonyl (C=O) groups is 1. The van der Waals surface area contributed by atoms with Crippen molar-refractivity contribution in [2.45, 2.75) is 6.54 Å². The maximum atomic E-state index is 11.6. The predicted octanol–water partition coefficient (Wildman–Crippen LogP) is 0.295. The van der Waals surface area contributed by atoms with E-state index in [9.17, 15) is 4.79 Å². The van der Waals surface area contributed by atoms with E-state index in [0.29, 0.717) is 25.5 Å². The summed E-state index contributed by atoms with van der Waals surface area (Å²) in [6, 6.07) is 0. The number of hydrogen-bond donors (Lipinski definition) is 1. The number of carbonyl (C=O) groups excluding carboxylic acids is 1. The van der Waals surface area contributed by atoms with Crippen LogP contribution in [0.3, 0.4) is 0 Å². The van der Waals surface area contributed by atoms with Crippen LogP contribution >= 0.6 is 22.6 Å². The number of rotatable bonds is 6. The Bertz CT molecular complexity index is 553. The maximum absolute atomic E-state index is 11.6. The zero-order valence-corrected chi connectivity index (χ0v) is 12.3. The van der Waals surface area contributed by atoms with Gasteiger partial charge in [-0.25, -0.2) is 0 Å². The van der Waals surface area contributed by atoms with Gasteiger partial charge in [0.1, 0.15) is 6.54 Å². The Kier molecular flexibility index (Phi) is 4.85. The Hall–Kier alpha value is -1.49. The first-order chi connectivity index (χ1) is 9.19. The molecule has 0 saturated heterocycles. The molecule has 2 aromatic rings. The lowest BCUT2D eigenvalue weighted by Crippen LogP contribution is -2.27. The molecule has 0 bridgehead atoms. The summed E-state index contributed by atoms with van der Waals surface area (Å²) in [5, 5.41) is 10.4. The van der Waals surface area contributed by atoms with Crippen molar-refractivity contribution < 1.29 is 14.1 Å². The highest BCUT2D eigenvalue weighted by Gasteiger charge is 2.14. The molecule has 0 saturated carbocycles. The van der Waals surface area contributed by atoms with E-state index in [1.807, 2.05) is 6.20 Å². The van der Waals surface area contributed by atoms with Gasteiger partial charge < -0.3 is 14.6 Å². The highest BCUT2D eigenvalue weighted by molar-refractivity contribution is 14.1. The second kappa shape index (κ2) is 6.61. The van der Waals surface area contributed by atoms with Crippen molar-refractivity contribution in [3.8, 4) is 0 Å². The van der Waals surface area contributed by atoms with Gasteiger partial charge in [0, 0.05) is 19.9 Å². The average Bonchev–Trinajstić information content (AvgIpc) is 3.00. The number of nitrogens with one attached hydrogen (secondary N) is 1. The third-order valence-electron chi connectivity index (χ3n) is 2.16. The van der Waals surface area contributed by atoms with Gasteiger partial charge in [-0.1, -0.05) is 5.16 Å². The Labute approximate surface area is 122 Å². The van der Waals surface area contributed by atoms with Crippen LogP contribution < -0.4 is 5.32 Å². The number of hydrogen-bond acceptors (Lipinski definition) is 6. The monoisotopic (exact) mass is 377 g/mol. The molecule has 2 rings (SSSR count). The molecule has 0 atom stereocenters. The zero-order valence-electron chi connectivity index (χ0n) is 10.2. The number of methoxy groups -OCH3 is 1. The third kappa shape index (κ3) is 3.99. The van der Waals surface area contributed by atoms with Crippen molar-refractivity contribution in [3.05, 3.63) is 27.7 Å². The van der Waals surface area contributed by atoms with E-state index < -0.39 is 5.91 Å². The summed E-state index contributed by atoms with van der Waals surface area (Å²) in [6.45, 7) is 1.18. The molecular weight excluding hydrogens is 365 g/mol. The van der Waals surface area contributed by atoms with E-state index in [0.717, 1.165) is 3.57 Å². The lowest BCUT2D eigenvalue weighted by Gasteiger charge is -1.99. The van der Waals surface area contributed by atoms with Gasteiger partial charge in [-0.05, 0) is 22.6 Å². The molecule has 0 aliphatic carbocycles. The summed E-state index contributed by atoms with van der Waals surface area (Å²) >= 11 is 2.15. The minimum Gasteiger partial charge on any atom is -0.383 e. The van der Waals surface area contributed by atoms with Gasteiger partial charge >= 0.3 is 11.8 Å². The standard InChI is InChI=1S/C10H12IN5O3/c1-18-3-2-12-9(17)10-14-8(15-19-10)6-16-5-7(11)4-13-16/h4-5H,2-3,6H2,1H3,(H,12,17). The van der Waals surface area contributed by atoms with Crippen LogP contribution in [0.15, 0.2) is 16.9 Å². The van der Waals surface area contributed by atoms with Crippen LogP contribution in [-0.2, 0) is 11.3 Å². The van der Waals surface area contributed by atoms with Crippen LogP contribution in [0.4, 0.5) is 0 Å². The van der Waals surface area contributed by atoms with Crippen LogP contribution in [0.1, 0.15) is 16.5 Å². The molecule has 102 valence electrons. The molecule has 0 spiro atoms. The maximum Gasteiger partial charge on any atom is 0.316 e. The molecule has 1 N–H and O–H groups in total. The second-order valence-corrected chi connectivity index (χ2v) is 4.87. The molecule has 2 aromatic heterocycles. The van der Waals surface area contributed by atoms with Crippen molar-refractivity contribution >= 4 is 28.5 Å². The molecule has 0 radical (unpaired) electrons. The van der Waals surface area contributed by atoms with Crippen LogP contribution in [-0.4, -0.2) is 46.1 Å². The largest absolute Gasteiger partial charge is 0.383 e. The fraction of sp³-hybridized carbons (Fsp3) is 0.400. The summed E-state index contributed by atoms with van der Waals surface area (Å²) in [6.07, 6.45) is 3.56. The number of halogens is 1. The minimum absolute atomic E-state index is 0.0621. The van der Waals surface area contributed by atoms with E-state index in [-0.39, 0.29) is 5.89 Å². The fourth-order valence-corrected chi connectivity index (χ4v) is 1.77. The van der Waals surface area contributed by atoms with Crippen LogP contribution in [0.25, 0.3) is 0 Å². The highest BCUT2D eigenvalue weighted by Crippen LogP contribution is 2.04. The molecule has 8 nitrogen and oxygen atoms in total. The summed E-state index contributed by atoms with van der Waals surface area (Å²) < 4.78 is 12.4. The smallest absolute Gasteiger partial charge is 0.316 e. The van der Waals surface area contributed by atoms with E-state index in [1.165, 1.54) is 0 Å². The summed E-state index contributed by atoms with van der Waals surface area (Å²) in [7, 11) is 1.56. The van der Waals surface area contributed by atoms with Crippen LogP contribution in [0.2, 0.25) is 0 Å². The Morgan fingerprint density at radius 3 is 3.16 bits per heavy atom. The molecule has 19 heavy (non-hydrogen) atoms. The SMILES string of the molecule is COCCNC(=O)c1nc(Cn2cc(I)cn2)no1. The number of aromatic nitrogens is 4. The van der Waals surface area contributed by atoms with Gasteiger partial charge in [-0.15, -0.1) is 0 Å². The Morgan fingerprint density at radius 1 is 1.63 bits per heavy atom. The van der Waals surface area contributed by atoms with Gasteiger partial charge in [0.25, 0.3) is 0 Å². The van der Waals surface area contributed by atoms with Crippen LogP contribution in [0, 0.1) is 3.57 Å². The Balaban J connectivity index is 1.93. The van der Waals surface area contributed by atoms with Gasteiger partial charge in [0.15, 0.2) is 5.82 Å². The second-order valence-electron chi connectivity index (χ2n) is 3.62. The first-order valence-corrected chi connectivity index (χ1v) is 6.54. The molecule has 0 aliphatic heterocycles. The molecule has 0 aliphatic rings. The highest BCUT2D eigenvalue weighted by atomic mass is 127. The molecule has 9 heteroatoms. The number of ether oxygens (including phenoxy) is 1. The Morgan fingerprint density at radius 2 is 2.47 bits per heavy atom.